The van der Waals surface area contributed by atoms with Crippen LogP contribution in [0.5, 0.6) is 5.75 Å². The molecule has 2 aromatic carbocycles. The zero-order valence-electron chi connectivity index (χ0n) is 11.4. The summed E-state index contributed by atoms with van der Waals surface area (Å²) >= 11 is 3.35. The van der Waals surface area contributed by atoms with Crippen LogP contribution in [0.1, 0.15) is 11.1 Å². The lowest BCUT2D eigenvalue weighted by atomic mass is 10.2. The van der Waals surface area contributed by atoms with Gasteiger partial charge in [-0.05, 0) is 35.4 Å². The molecule has 0 amide bonds. The normalized spacial score (nSPS) is 10.4. The third-order valence-corrected chi connectivity index (χ3v) is 3.26. The predicted octanol–water partition coefficient (Wildman–Crippen LogP) is 5.58. The summed E-state index contributed by atoms with van der Waals surface area (Å²) in [5.41, 5.74) is 1.86. The van der Waals surface area contributed by atoms with Crippen molar-refractivity contribution in [3.63, 3.8) is 0 Å². The Labute approximate surface area is 134 Å². The molecule has 6 heteroatoms. The van der Waals surface area contributed by atoms with Crippen LogP contribution in [-0.4, -0.2) is 0 Å². The first-order valence-electron chi connectivity index (χ1n) is 6.34. The summed E-state index contributed by atoms with van der Waals surface area (Å²) in [6, 6.07) is 11.9. The van der Waals surface area contributed by atoms with Gasteiger partial charge >= 0.3 is 12.1 Å². The number of halogens is 4. The van der Waals surface area contributed by atoms with Gasteiger partial charge in [0, 0.05) is 4.47 Å². The van der Waals surface area contributed by atoms with Gasteiger partial charge in [-0.2, -0.15) is 13.2 Å². The minimum absolute atomic E-state index is 0.00181. The zero-order chi connectivity index (χ0) is 15.9. The van der Waals surface area contributed by atoms with Crippen molar-refractivity contribution in [2.24, 2.45) is 0 Å². The second-order valence-electron chi connectivity index (χ2n) is 4.40. The van der Waals surface area contributed by atoms with Gasteiger partial charge in [0.25, 0.3) is 0 Å². The Kier molecular flexibility index (Phi) is 6.03. The lowest BCUT2D eigenvalue weighted by Crippen LogP contribution is -1.95. The lowest BCUT2D eigenvalue weighted by molar-refractivity contribution is 0.107. The van der Waals surface area contributed by atoms with E-state index < -0.39 is 12.1 Å². The molecule has 0 heterocycles. The quantitative estimate of drug-likeness (QED) is 0.616. The highest BCUT2D eigenvalue weighted by Crippen LogP contribution is 2.19. The maximum atomic E-state index is 12.6. The average Bonchev–Trinajstić information content (AvgIpc) is 2.51. The Balaban J connectivity index is 1.84. The van der Waals surface area contributed by atoms with Crippen molar-refractivity contribution in [1.82, 2.24) is 0 Å². The molecule has 0 aliphatic rings. The van der Waals surface area contributed by atoms with Crippen molar-refractivity contribution >= 4 is 15.9 Å². The molecule has 0 saturated heterocycles. The average molecular weight is 373 g/mol. The fourth-order valence-electron chi connectivity index (χ4n) is 1.66. The van der Waals surface area contributed by atoms with Crippen LogP contribution >= 0.6 is 15.9 Å². The summed E-state index contributed by atoms with van der Waals surface area (Å²) in [6.07, 6.45) is -2.48. The van der Waals surface area contributed by atoms with E-state index in [1.807, 2.05) is 24.3 Å². The molecule has 0 N–H and O–H groups in total. The van der Waals surface area contributed by atoms with Crippen molar-refractivity contribution in [3.05, 3.63) is 76.2 Å². The predicted molar refractivity (Wildman–Crippen MR) is 80.1 cm³/mol. The summed E-state index contributed by atoms with van der Waals surface area (Å²) in [6.45, 7) is 0.808. The third-order valence-electron chi connectivity index (χ3n) is 2.73. The van der Waals surface area contributed by atoms with E-state index in [0.29, 0.717) is 13.2 Å². The maximum absolute atomic E-state index is 12.6. The molecule has 0 unspecified atom stereocenters. The molecule has 2 aromatic rings. The first-order valence-corrected chi connectivity index (χ1v) is 7.13. The van der Waals surface area contributed by atoms with E-state index in [9.17, 15) is 13.2 Å². The highest BCUT2D eigenvalue weighted by Gasteiger charge is 2.07. The van der Waals surface area contributed by atoms with Crippen LogP contribution in [0.2, 0.25) is 0 Å². The lowest BCUT2D eigenvalue weighted by Gasteiger charge is -2.06. The van der Waals surface area contributed by atoms with Gasteiger partial charge in [-0.3, -0.25) is 0 Å². The van der Waals surface area contributed by atoms with E-state index in [1.54, 1.807) is 12.1 Å². The Morgan fingerprint density at radius 3 is 1.82 bits per heavy atom. The number of ether oxygens (including phenoxy) is 2. The second kappa shape index (κ2) is 8.00. The summed E-state index contributed by atoms with van der Waals surface area (Å²) in [5, 5.41) is 0. The van der Waals surface area contributed by atoms with Gasteiger partial charge in [0.2, 0.25) is 0 Å². The molecule has 116 valence electrons. The molecular formula is C16H12BrF3O2. The van der Waals surface area contributed by atoms with Gasteiger partial charge in [0.05, 0.1) is 13.2 Å². The molecule has 2 rings (SSSR count). The number of rotatable bonds is 6. The van der Waals surface area contributed by atoms with E-state index in [2.05, 4.69) is 20.7 Å². The Morgan fingerprint density at radius 1 is 0.818 bits per heavy atom. The highest BCUT2D eigenvalue weighted by molar-refractivity contribution is 9.10. The smallest absolute Gasteiger partial charge is 0.344 e. The van der Waals surface area contributed by atoms with Gasteiger partial charge in [-0.25, -0.2) is 0 Å². The topological polar surface area (TPSA) is 18.5 Å². The minimum atomic E-state index is -2.48. The largest absolute Gasteiger partial charge is 0.428 e. The number of benzene rings is 2. The Bertz CT molecular complexity index is 635. The molecule has 0 bridgehead atoms. The van der Waals surface area contributed by atoms with Gasteiger partial charge < -0.3 is 9.47 Å². The standard InChI is InChI=1S/C16H12BrF3O2/c17-13-5-1-11(2-6-13)9-21-10-12-3-7-14(8-4-12)22-16(20)15(18)19/h1-8H,9-10H2. The highest BCUT2D eigenvalue weighted by atomic mass is 79.9. The number of hydrogen-bond acceptors (Lipinski definition) is 2. The third kappa shape index (κ3) is 5.20. The van der Waals surface area contributed by atoms with Gasteiger partial charge in [-0.15, -0.1) is 0 Å². The molecule has 22 heavy (non-hydrogen) atoms. The van der Waals surface area contributed by atoms with E-state index >= 15 is 0 Å². The molecule has 0 aliphatic carbocycles. The molecule has 0 saturated carbocycles. The van der Waals surface area contributed by atoms with Crippen LogP contribution in [0.4, 0.5) is 13.2 Å². The van der Waals surface area contributed by atoms with Crippen molar-refractivity contribution in [2.75, 3.05) is 0 Å². The monoisotopic (exact) mass is 372 g/mol. The summed E-state index contributed by atoms with van der Waals surface area (Å²) < 4.78 is 47.3. The number of hydrogen-bond donors (Lipinski definition) is 0. The van der Waals surface area contributed by atoms with Crippen LogP contribution in [0, 0.1) is 0 Å². The molecule has 0 radical (unpaired) electrons. The van der Waals surface area contributed by atoms with E-state index in [-0.39, 0.29) is 5.75 Å². The van der Waals surface area contributed by atoms with Crippen LogP contribution in [0.15, 0.2) is 65.1 Å². The Morgan fingerprint density at radius 2 is 1.32 bits per heavy atom. The van der Waals surface area contributed by atoms with Crippen LogP contribution in [0.25, 0.3) is 0 Å². The summed E-state index contributed by atoms with van der Waals surface area (Å²) in [4.78, 5) is 0. The second-order valence-corrected chi connectivity index (χ2v) is 5.32. The van der Waals surface area contributed by atoms with Crippen LogP contribution < -0.4 is 4.74 Å². The van der Waals surface area contributed by atoms with E-state index in [4.69, 9.17) is 4.74 Å². The van der Waals surface area contributed by atoms with Crippen LogP contribution in [0.3, 0.4) is 0 Å². The zero-order valence-corrected chi connectivity index (χ0v) is 12.9. The van der Waals surface area contributed by atoms with Crippen molar-refractivity contribution in [2.45, 2.75) is 13.2 Å². The molecule has 2 nitrogen and oxygen atoms in total. The van der Waals surface area contributed by atoms with Gasteiger partial charge in [0.1, 0.15) is 5.75 Å². The summed E-state index contributed by atoms with van der Waals surface area (Å²) in [5.74, 6) is 0.00181. The van der Waals surface area contributed by atoms with Gasteiger partial charge in [0.15, 0.2) is 0 Å². The Hall–Kier alpha value is -1.79. The fraction of sp³-hybridized carbons (Fsp3) is 0.125. The van der Waals surface area contributed by atoms with Crippen molar-refractivity contribution < 1.29 is 22.6 Å². The van der Waals surface area contributed by atoms with Crippen LogP contribution in [-0.2, 0) is 18.0 Å². The SMILES string of the molecule is FC(F)=C(F)Oc1ccc(COCc2ccc(Br)cc2)cc1. The molecule has 0 atom stereocenters. The first-order chi connectivity index (χ1) is 10.5. The molecular weight excluding hydrogens is 361 g/mol. The molecule has 0 aliphatic heterocycles. The summed E-state index contributed by atoms with van der Waals surface area (Å²) in [7, 11) is 0. The van der Waals surface area contributed by atoms with Crippen molar-refractivity contribution in [3.8, 4) is 5.75 Å². The van der Waals surface area contributed by atoms with E-state index in [0.717, 1.165) is 15.6 Å². The molecule has 0 fully saturated rings. The molecule has 0 spiro atoms. The maximum Gasteiger partial charge on any atom is 0.344 e. The first kappa shape index (κ1) is 16.6. The van der Waals surface area contributed by atoms with Gasteiger partial charge in [-0.1, -0.05) is 40.2 Å². The van der Waals surface area contributed by atoms with Crippen molar-refractivity contribution in [1.29, 1.82) is 0 Å². The molecule has 0 aromatic heterocycles. The minimum Gasteiger partial charge on any atom is -0.428 e. The van der Waals surface area contributed by atoms with E-state index in [1.165, 1.54) is 12.1 Å². The fourth-order valence-corrected chi connectivity index (χ4v) is 1.93.